The van der Waals surface area contributed by atoms with Crippen LogP contribution >= 0.6 is 30.3 Å². The van der Waals surface area contributed by atoms with Gasteiger partial charge in [0, 0.05) is 19.3 Å². The molecule has 0 spiro atoms. The Morgan fingerprint density at radius 2 is 1.72 bits per heavy atom. The van der Waals surface area contributed by atoms with Crippen LogP contribution in [0.15, 0.2) is 5.16 Å². The second kappa shape index (κ2) is 12.9. The molecule has 0 N–H and O–H groups in total. The van der Waals surface area contributed by atoms with E-state index in [2.05, 4.69) is 16.2 Å². The van der Waals surface area contributed by atoms with Crippen LogP contribution in [0.3, 0.4) is 0 Å². The Balaban J connectivity index is 2.13. The predicted molar refractivity (Wildman–Crippen MR) is 130 cm³/mol. The Kier molecular flexibility index (Phi) is 11.3. The van der Waals surface area contributed by atoms with Gasteiger partial charge in [0.2, 0.25) is 0 Å². The fraction of sp³-hybridized carbons (Fsp3) is 0.895. The van der Waals surface area contributed by atoms with E-state index in [9.17, 15) is 4.79 Å². The van der Waals surface area contributed by atoms with Gasteiger partial charge < -0.3 is 4.52 Å². The third-order valence-electron chi connectivity index (χ3n) is 5.46. The molecule has 2 saturated carbocycles. The van der Waals surface area contributed by atoms with E-state index in [1.165, 1.54) is 66.7 Å². The van der Waals surface area contributed by atoms with Gasteiger partial charge in [0.25, 0.3) is 0 Å². The third-order valence-corrected chi connectivity index (χ3v) is 12.2. The molecule has 1 amide bonds. The normalized spacial score (nSPS) is 21.8. The zero-order valence-electron chi connectivity index (χ0n) is 18.2. The maximum atomic E-state index is 12.5. The van der Waals surface area contributed by atoms with Crippen LogP contribution in [0.2, 0.25) is 0 Å². The fourth-order valence-electron chi connectivity index (χ4n) is 3.69. The molecular formula is C19H36N3O3PS3. The van der Waals surface area contributed by atoms with Crippen LogP contribution in [0.25, 0.3) is 0 Å². The summed E-state index contributed by atoms with van der Waals surface area (Å²) in [4.78, 5) is 17.5. The first-order chi connectivity index (χ1) is 13.9. The first-order valence-electron chi connectivity index (χ1n) is 10.7. The lowest BCUT2D eigenvalue weighted by Crippen LogP contribution is -2.36. The van der Waals surface area contributed by atoms with Crippen molar-refractivity contribution in [2.24, 2.45) is 5.16 Å². The highest BCUT2D eigenvalue weighted by Crippen LogP contribution is 2.59. The maximum absolute atomic E-state index is 12.5. The van der Waals surface area contributed by atoms with Crippen molar-refractivity contribution >= 4 is 53.3 Å². The highest BCUT2D eigenvalue weighted by molar-refractivity contribution is 8.16. The Morgan fingerprint density at radius 3 is 2.28 bits per heavy atom. The second-order valence-corrected chi connectivity index (χ2v) is 14.3. The number of nitrogens with zero attached hydrogens (tertiary/aromatic N) is 3. The molecule has 6 nitrogen and oxygen atoms in total. The number of hydrogen-bond donors (Lipinski definition) is 0. The van der Waals surface area contributed by atoms with Gasteiger partial charge in [-0.1, -0.05) is 50.6 Å². The average molecular weight is 482 g/mol. The Hall–Kier alpha value is 0.210. The molecule has 0 aromatic heterocycles. The summed E-state index contributed by atoms with van der Waals surface area (Å²) in [5.74, 6) is 0. The molecule has 168 valence electrons. The van der Waals surface area contributed by atoms with Gasteiger partial charge in [0.05, 0.1) is 18.2 Å². The van der Waals surface area contributed by atoms with E-state index in [1.807, 2.05) is 13.2 Å². The highest BCUT2D eigenvalue weighted by Gasteiger charge is 2.37. The van der Waals surface area contributed by atoms with Gasteiger partial charge in [0.1, 0.15) is 11.5 Å². The van der Waals surface area contributed by atoms with Crippen molar-refractivity contribution in [1.82, 2.24) is 8.38 Å². The summed E-state index contributed by atoms with van der Waals surface area (Å²) in [5.41, 5.74) is 0. The standard InChI is InChI=1S/C19H36N3O3PS3/c1-5-26(27,25-18-14-10-7-11-15-18)22(17-12-8-6-9-13-17)29-21(3)19(23)24-20-16(2)28-4/h17-18H,5-15H2,1-4H3. The van der Waals surface area contributed by atoms with Crippen molar-refractivity contribution in [3.05, 3.63) is 0 Å². The predicted octanol–water partition coefficient (Wildman–Crippen LogP) is 6.63. The smallest absolute Gasteiger partial charge is 0.334 e. The molecule has 1 unspecified atom stereocenters. The minimum absolute atomic E-state index is 0.257. The van der Waals surface area contributed by atoms with E-state index in [-0.39, 0.29) is 6.10 Å². The molecule has 29 heavy (non-hydrogen) atoms. The van der Waals surface area contributed by atoms with Crippen molar-refractivity contribution < 1.29 is 14.2 Å². The van der Waals surface area contributed by atoms with Gasteiger partial charge in [-0.15, -0.1) is 11.8 Å². The molecule has 0 aromatic carbocycles. The molecule has 0 saturated heterocycles. The summed E-state index contributed by atoms with van der Waals surface area (Å²) in [6.45, 7) is 3.94. The van der Waals surface area contributed by atoms with E-state index in [1.54, 1.807) is 7.05 Å². The SMILES string of the molecule is CCP(=S)(OC1CCCCC1)N(SN(C)C(=O)ON=C(C)SC)C1CCCCC1. The molecule has 2 aliphatic rings. The van der Waals surface area contributed by atoms with E-state index < -0.39 is 12.5 Å². The fourth-order valence-corrected chi connectivity index (χ4v) is 8.70. The molecule has 10 heteroatoms. The lowest BCUT2D eigenvalue weighted by molar-refractivity contribution is 0.136. The van der Waals surface area contributed by atoms with Crippen LogP contribution in [0.1, 0.15) is 78.1 Å². The topological polar surface area (TPSA) is 54.4 Å². The van der Waals surface area contributed by atoms with Crippen LogP contribution in [0.4, 0.5) is 4.79 Å². The largest absolute Gasteiger partial charge is 0.446 e. The molecule has 2 aliphatic carbocycles. The van der Waals surface area contributed by atoms with E-state index >= 15 is 0 Å². The quantitative estimate of drug-likeness (QED) is 0.0963. The van der Waals surface area contributed by atoms with E-state index in [0.29, 0.717) is 11.1 Å². The Morgan fingerprint density at radius 1 is 1.14 bits per heavy atom. The third kappa shape index (κ3) is 8.00. The summed E-state index contributed by atoms with van der Waals surface area (Å²) >= 11 is 9.02. The summed E-state index contributed by atoms with van der Waals surface area (Å²) in [6, 6.07) is 0.342. The number of amides is 1. The first kappa shape index (κ1) is 25.5. The summed E-state index contributed by atoms with van der Waals surface area (Å²) in [5, 5.41) is 4.58. The van der Waals surface area contributed by atoms with Gasteiger partial charge >= 0.3 is 6.09 Å². The molecule has 2 fully saturated rings. The number of carbonyl (C=O) groups excluding carboxylic acids is 1. The number of oxime groups is 1. The second-order valence-electron chi connectivity index (χ2n) is 7.66. The van der Waals surface area contributed by atoms with Crippen molar-refractivity contribution in [2.75, 3.05) is 19.5 Å². The van der Waals surface area contributed by atoms with Crippen LogP contribution in [-0.4, -0.2) is 51.1 Å². The summed E-state index contributed by atoms with van der Waals surface area (Å²) in [6.07, 6.45) is 12.0. The Labute approximate surface area is 190 Å². The van der Waals surface area contributed by atoms with Crippen LogP contribution in [-0.2, 0) is 21.2 Å². The molecule has 0 radical (unpaired) electrons. The average Bonchev–Trinajstić information content (AvgIpc) is 2.76. The zero-order valence-corrected chi connectivity index (χ0v) is 21.5. The number of carbonyl (C=O) groups is 1. The number of rotatable bonds is 8. The maximum Gasteiger partial charge on any atom is 0.446 e. The lowest BCUT2D eigenvalue weighted by Gasteiger charge is -2.42. The highest BCUT2D eigenvalue weighted by atomic mass is 32.5. The minimum Gasteiger partial charge on any atom is -0.334 e. The lowest BCUT2D eigenvalue weighted by atomic mass is 9.96. The zero-order chi connectivity index (χ0) is 21.3. The molecule has 0 aromatic rings. The van der Waals surface area contributed by atoms with Crippen molar-refractivity contribution in [1.29, 1.82) is 0 Å². The van der Waals surface area contributed by atoms with Gasteiger partial charge in [-0.2, -0.15) is 4.08 Å². The molecule has 1 atom stereocenters. The van der Waals surface area contributed by atoms with Gasteiger partial charge in [0.15, 0.2) is 0 Å². The van der Waals surface area contributed by atoms with E-state index in [0.717, 1.165) is 31.8 Å². The van der Waals surface area contributed by atoms with Crippen LogP contribution < -0.4 is 0 Å². The van der Waals surface area contributed by atoms with Crippen LogP contribution in [0.5, 0.6) is 0 Å². The van der Waals surface area contributed by atoms with Gasteiger partial charge in [-0.05, 0) is 50.7 Å². The number of hydrogen-bond acceptors (Lipinski definition) is 7. The summed E-state index contributed by atoms with van der Waals surface area (Å²) in [7, 11) is 1.72. The molecule has 2 rings (SSSR count). The Bertz CT molecular complexity index is 596. The van der Waals surface area contributed by atoms with Crippen LogP contribution in [0, 0.1) is 0 Å². The molecule has 0 heterocycles. The van der Waals surface area contributed by atoms with Crippen molar-refractivity contribution in [2.45, 2.75) is 90.2 Å². The molecule has 0 aliphatic heterocycles. The summed E-state index contributed by atoms with van der Waals surface area (Å²) < 4.78 is 10.4. The monoisotopic (exact) mass is 481 g/mol. The van der Waals surface area contributed by atoms with Crippen molar-refractivity contribution in [3.63, 3.8) is 0 Å². The molecule has 0 bridgehead atoms. The van der Waals surface area contributed by atoms with E-state index in [4.69, 9.17) is 21.2 Å². The van der Waals surface area contributed by atoms with Gasteiger partial charge in [-0.25, -0.2) is 9.10 Å². The van der Waals surface area contributed by atoms with Gasteiger partial charge in [-0.3, -0.25) is 4.84 Å². The first-order valence-corrected chi connectivity index (χ1v) is 15.5. The minimum atomic E-state index is -2.24. The molecular weight excluding hydrogens is 445 g/mol. The van der Waals surface area contributed by atoms with Crippen molar-refractivity contribution in [3.8, 4) is 0 Å². The number of thioether (sulfide) groups is 1.